The van der Waals surface area contributed by atoms with Crippen molar-refractivity contribution in [1.29, 1.82) is 10.5 Å². The zero-order valence-corrected chi connectivity index (χ0v) is 67.3. The minimum atomic E-state index is -1.37. The Labute approximate surface area is 662 Å². The number of benzene rings is 6. The number of methoxy groups -OCH3 is 6. The Morgan fingerprint density at radius 2 is 0.965 bits per heavy atom. The van der Waals surface area contributed by atoms with Crippen LogP contribution in [0.2, 0.25) is 0 Å². The maximum atomic E-state index is 15.0. The Morgan fingerprint density at radius 3 is 1.38 bits per heavy atom. The van der Waals surface area contributed by atoms with Gasteiger partial charge in [-0.25, -0.2) is 14.4 Å². The van der Waals surface area contributed by atoms with Crippen molar-refractivity contribution in [3.05, 3.63) is 125 Å². The van der Waals surface area contributed by atoms with Crippen LogP contribution < -0.4 is 62.7 Å². The molecule has 20 rings (SSSR count). The zero-order valence-electron chi connectivity index (χ0n) is 65.7. The Balaban J connectivity index is 0.000000165. The van der Waals surface area contributed by atoms with Crippen molar-refractivity contribution in [2.45, 2.75) is 162 Å². The van der Waals surface area contributed by atoms with Gasteiger partial charge in [-0.3, -0.25) is 30.2 Å². The lowest BCUT2D eigenvalue weighted by Crippen LogP contribution is -2.69. The minimum absolute atomic E-state index is 0.00483. The van der Waals surface area contributed by atoms with Crippen LogP contribution in [0.3, 0.4) is 0 Å². The minimum Gasteiger partial charge on any atom is -0.504 e. The SMILES string of the molecule is COc1cc2c(cc1O)CCN[C@]21CS[C@@H]2c3c(OC)c(C)c4c(c3[C@H](COC1=O)N1C2[C@H]2c3c(cc(C)c(OC)c3O)C[C@@H]([C@@H]1C#N)N2C)OCO4.COc1cc2c(cc1OC(=O)OC(C)(C)C)CCN[C@]21CS[C@@H]2c3c(OC)c(C)c4c(c3[C@H](COC1=O)N1C2[C@H]2c3c(cc(C)c(OC)c3O)C[C@@H]([C@@H]1C#N)N2C)OCO4. The third-order valence-corrected chi connectivity index (χ3v) is 28.3. The Bertz CT molecular complexity index is 5100. The number of hydrogen-bond acceptors (Lipinski definition) is 30. The first-order chi connectivity index (χ1) is 54.3. The molecule has 6 aromatic carbocycles. The molecule has 2 spiro atoms. The van der Waals surface area contributed by atoms with Crippen molar-refractivity contribution in [3.63, 3.8) is 0 Å². The van der Waals surface area contributed by atoms with E-state index in [1.165, 1.54) is 14.2 Å². The summed E-state index contributed by atoms with van der Waals surface area (Å²) in [6.45, 7) is 13.7. The molecule has 28 nitrogen and oxygen atoms in total. The summed E-state index contributed by atoms with van der Waals surface area (Å²) in [5.74, 6) is 4.68. The van der Waals surface area contributed by atoms with E-state index in [0.717, 1.165) is 77.9 Å². The van der Waals surface area contributed by atoms with Crippen molar-refractivity contribution in [3.8, 4) is 92.6 Å². The lowest BCUT2D eigenvalue weighted by atomic mass is 9.71. The number of ether oxygens (including phenoxy) is 14. The predicted molar refractivity (Wildman–Crippen MR) is 412 cm³/mol. The van der Waals surface area contributed by atoms with E-state index >= 15 is 0 Å². The molecule has 30 heteroatoms. The van der Waals surface area contributed by atoms with Gasteiger partial charge in [0.1, 0.15) is 42.4 Å². The van der Waals surface area contributed by atoms with Gasteiger partial charge in [0, 0.05) is 93.3 Å². The number of likely N-dealkylation sites (N-methyl/N-ethyl adjacent to an activating group) is 2. The second-order valence-corrected chi connectivity index (χ2v) is 34.2. The standard InChI is InChI=1S/C44H50N4O11S.C39H42N4O9S/c1-20-12-23-13-25-26(16-45)48-27-17-55-41(50)44(24-15-28(52-7)29(14-22(24)10-11-46-44)58-42(51)59-43(3,4)5)18-60-40(34(48)33(47(25)6)30(23)35(49)36(20)53-8)32-31(27)39-38(56-19-57-39)21(2)37(32)54-9;1-17-9-20-10-22-23(13-40)43-24-14-50-38(46)39(21-12-26(47-4)25(44)11-19(21)7-8-41-39)15-53-37(31(43)30(42(22)3)27(20)32(45)33(17)48-5)29-28(24)36-35(51-16-52-36)18(2)34(29)49-6/h12,14-15,25-27,33-34,40,46,49H,10-11,13,17-19H2,1-9H3;9,11-12,22-24,30-31,37,41,44-45H,7-8,10,14-16H2,1-6H3/t25-,26-,27-,33+,34?,40+,44+;22-,23-,24-,30+,31?,37+,39+/m00/s1. The second-order valence-electron chi connectivity index (χ2n) is 31.9. The number of phenols is 3. The highest BCUT2D eigenvalue weighted by Gasteiger charge is 2.65. The quantitative estimate of drug-likeness (QED) is 0.0564. The molecule has 14 heterocycles. The number of hydrogen-bond donors (Lipinski definition) is 5. The molecule has 14 aliphatic heterocycles. The average Bonchev–Trinajstić information content (AvgIpc) is 1.06. The Hall–Kier alpha value is -9.63. The summed E-state index contributed by atoms with van der Waals surface area (Å²) in [4.78, 5) is 51.4. The molecule has 2 unspecified atom stereocenters. The van der Waals surface area contributed by atoms with Crippen LogP contribution in [0.5, 0.6) is 80.5 Å². The lowest BCUT2D eigenvalue weighted by Gasteiger charge is -2.62. The number of piperazine rings is 2. The van der Waals surface area contributed by atoms with Crippen molar-refractivity contribution in [1.82, 2.24) is 30.2 Å². The van der Waals surface area contributed by atoms with Crippen molar-refractivity contribution in [2.24, 2.45) is 0 Å². The van der Waals surface area contributed by atoms with Crippen LogP contribution in [0.15, 0.2) is 36.4 Å². The molecule has 0 aliphatic carbocycles. The number of phenolic OH excluding ortho intramolecular Hbond substituents is 3. The predicted octanol–water partition coefficient (Wildman–Crippen LogP) is 9.75. The molecule has 596 valence electrons. The lowest BCUT2D eigenvalue weighted by molar-refractivity contribution is -0.158. The number of aryl methyl sites for hydroxylation is 2. The van der Waals surface area contributed by atoms with E-state index in [9.17, 15) is 40.2 Å². The second kappa shape index (κ2) is 28.1. The van der Waals surface area contributed by atoms with E-state index in [4.69, 9.17) is 66.3 Å². The fourth-order valence-corrected chi connectivity index (χ4v) is 24.2. The number of aromatic hydroxyl groups is 3. The first-order valence-electron chi connectivity index (χ1n) is 37.9. The summed E-state index contributed by atoms with van der Waals surface area (Å²) in [7, 11) is 13.4. The van der Waals surface area contributed by atoms with Gasteiger partial charge in [0.2, 0.25) is 13.6 Å². The first-order valence-corrected chi connectivity index (χ1v) is 40.0. The molecular formula is C83H92N8O20S2. The maximum absolute atomic E-state index is 15.0. The average molecular weight is 1590 g/mol. The molecule has 8 bridgehead atoms. The Kier molecular flexibility index (Phi) is 18.9. The number of fused-ring (bicyclic) bond motifs is 18. The van der Waals surface area contributed by atoms with E-state index in [-0.39, 0.29) is 90.9 Å². The molecule has 6 aromatic rings. The highest BCUT2D eigenvalue weighted by atomic mass is 32.2. The zero-order chi connectivity index (χ0) is 79.7. The summed E-state index contributed by atoms with van der Waals surface area (Å²) in [6.07, 6.45) is 1.30. The normalized spacial score (nSPS) is 28.6. The fraction of sp³-hybridized carbons (Fsp3) is 0.506. The van der Waals surface area contributed by atoms with Gasteiger partial charge in [-0.05, 0) is 157 Å². The van der Waals surface area contributed by atoms with Gasteiger partial charge in [0.05, 0.1) is 89.5 Å². The summed E-state index contributed by atoms with van der Waals surface area (Å²) in [5.41, 5.74) is 9.50. The summed E-state index contributed by atoms with van der Waals surface area (Å²) >= 11 is 3.13. The molecule has 113 heavy (non-hydrogen) atoms. The monoisotopic (exact) mass is 1580 g/mol. The molecule has 0 saturated carbocycles. The van der Waals surface area contributed by atoms with Crippen molar-refractivity contribution >= 4 is 41.6 Å². The number of carbonyl (C=O) groups is 3. The van der Waals surface area contributed by atoms with Gasteiger partial charge in [-0.2, -0.15) is 10.5 Å². The molecule has 0 radical (unpaired) electrons. The van der Waals surface area contributed by atoms with Crippen LogP contribution in [0.1, 0.15) is 144 Å². The number of thioether (sulfide) groups is 2. The first kappa shape index (κ1) is 76.0. The van der Waals surface area contributed by atoms with Gasteiger partial charge in [0.25, 0.3) is 0 Å². The maximum Gasteiger partial charge on any atom is 0.514 e. The van der Waals surface area contributed by atoms with E-state index < -0.39 is 87.6 Å². The summed E-state index contributed by atoms with van der Waals surface area (Å²) in [6, 6.07) is 11.6. The number of rotatable bonds is 7. The molecular weight excluding hydrogens is 1490 g/mol. The number of nitrogens with one attached hydrogen (secondary N) is 2. The van der Waals surface area contributed by atoms with Gasteiger partial charge >= 0.3 is 18.1 Å². The van der Waals surface area contributed by atoms with Gasteiger partial charge < -0.3 is 81.6 Å². The van der Waals surface area contributed by atoms with Crippen LogP contribution >= 0.6 is 23.5 Å². The fourth-order valence-electron chi connectivity index (χ4n) is 20.8. The number of nitrogens with zero attached hydrogens (tertiary/aromatic N) is 6. The van der Waals surface area contributed by atoms with E-state index in [2.05, 4.69) is 54.5 Å². The third-order valence-electron chi connectivity index (χ3n) is 25.4. The topological polar surface area (TPSA) is 326 Å². The van der Waals surface area contributed by atoms with Crippen LogP contribution in [-0.4, -0.2) is 203 Å². The van der Waals surface area contributed by atoms with Gasteiger partial charge in [0.15, 0.2) is 80.1 Å². The molecule has 4 saturated heterocycles. The highest BCUT2D eigenvalue weighted by Crippen LogP contribution is 2.68. The van der Waals surface area contributed by atoms with Gasteiger partial charge in [-0.1, -0.05) is 12.1 Å². The largest absolute Gasteiger partial charge is 0.514 e. The molecule has 0 amide bonds. The van der Waals surface area contributed by atoms with Crippen molar-refractivity contribution < 1.29 is 96.0 Å². The molecule has 5 N–H and O–H groups in total. The molecule has 14 atom stereocenters. The van der Waals surface area contributed by atoms with E-state index in [0.29, 0.717) is 95.9 Å². The summed E-state index contributed by atoms with van der Waals surface area (Å²) < 4.78 is 84.2. The summed E-state index contributed by atoms with van der Waals surface area (Å²) in [5, 5.41) is 63.4. The molecule has 0 aromatic heterocycles. The van der Waals surface area contributed by atoms with Crippen LogP contribution in [-0.2, 0) is 60.6 Å². The van der Waals surface area contributed by atoms with Gasteiger partial charge in [-0.15, -0.1) is 23.5 Å². The van der Waals surface area contributed by atoms with E-state index in [1.54, 1.807) is 97.0 Å². The number of esters is 2. The molecule has 14 aliphatic rings. The number of carbonyl (C=O) groups excluding carboxylic acids is 3. The smallest absolute Gasteiger partial charge is 0.504 e. The number of nitriles is 2. The Morgan fingerprint density at radius 1 is 0.540 bits per heavy atom. The van der Waals surface area contributed by atoms with Crippen LogP contribution in [0, 0.1) is 50.4 Å². The third kappa shape index (κ3) is 11.2. The molecule has 4 fully saturated rings. The highest BCUT2D eigenvalue weighted by molar-refractivity contribution is 7.99. The van der Waals surface area contributed by atoms with Crippen molar-refractivity contribution in [2.75, 3.05) is 108 Å². The van der Waals surface area contributed by atoms with Crippen LogP contribution in [0.25, 0.3) is 0 Å². The van der Waals surface area contributed by atoms with Crippen LogP contribution in [0.4, 0.5) is 4.79 Å². The van der Waals surface area contributed by atoms with E-state index in [1.807, 2.05) is 41.8 Å².